The van der Waals surface area contributed by atoms with Crippen LogP contribution < -0.4 is 10.3 Å². The first-order valence-corrected chi connectivity index (χ1v) is 8.32. The first kappa shape index (κ1) is 16.7. The van der Waals surface area contributed by atoms with Gasteiger partial charge in [0, 0.05) is 13.3 Å². The van der Waals surface area contributed by atoms with Gasteiger partial charge in [0.25, 0.3) is 5.56 Å². The lowest BCUT2D eigenvalue weighted by atomic mass is 10.2. The van der Waals surface area contributed by atoms with E-state index >= 15 is 0 Å². The van der Waals surface area contributed by atoms with E-state index in [4.69, 9.17) is 4.74 Å². The van der Waals surface area contributed by atoms with E-state index in [9.17, 15) is 23.1 Å². The topological polar surface area (TPSA) is 116 Å². The number of carboxylic acids is 1. The third kappa shape index (κ3) is 3.57. The van der Waals surface area contributed by atoms with Gasteiger partial charge in [-0.2, -0.15) is 0 Å². The van der Waals surface area contributed by atoms with Gasteiger partial charge in [0.2, 0.25) is 20.7 Å². The van der Waals surface area contributed by atoms with Crippen molar-refractivity contribution >= 4 is 15.8 Å². The van der Waals surface area contributed by atoms with Gasteiger partial charge >= 0.3 is 5.97 Å². The van der Waals surface area contributed by atoms with Crippen molar-refractivity contribution in [2.45, 2.75) is 11.8 Å². The maximum absolute atomic E-state index is 12.3. The molecule has 0 saturated heterocycles. The van der Waals surface area contributed by atoms with Gasteiger partial charge in [-0.1, -0.05) is 30.3 Å². The van der Waals surface area contributed by atoms with Crippen LogP contribution in [0.15, 0.2) is 40.3 Å². The van der Waals surface area contributed by atoms with E-state index in [1.807, 2.05) is 0 Å². The molecule has 0 amide bonds. The zero-order valence-corrected chi connectivity index (χ0v) is 13.2. The van der Waals surface area contributed by atoms with Crippen molar-refractivity contribution in [3.05, 3.63) is 51.9 Å². The summed E-state index contributed by atoms with van der Waals surface area (Å²) in [6.45, 7) is -0.0454. The van der Waals surface area contributed by atoms with Gasteiger partial charge in [-0.25, -0.2) is 18.2 Å². The van der Waals surface area contributed by atoms with E-state index in [0.717, 1.165) is 16.4 Å². The van der Waals surface area contributed by atoms with Crippen molar-refractivity contribution in [2.24, 2.45) is 7.05 Å². The minimum absolute atomic E-state index is 0.0454. The van der Waals surface area contributed by atoms with Crippen LogP contribution in [0.25, 0.3) is 0 Å². The Morgan fingerprint density at radius 2 is 1.91 bits per heavy atom. The average Bonchev–Trinajstić information content (AvgIpc) is 2.48. The van der Waals surface area contributed by atoms with E-state index in [-0.39, 0.29) is 6.61 Å². The monoisotopic (exact) mass is 338 g/mol. The third-order valence-electron chi connectivity index (χ3n) is 2.97. The summed E-state index contributed by atoms with van der Waals surface area (Å²) >= 11 is 0. The molecule has 0 radical (unpaired) electrons. The number of aromatic nitrogens is 2. The second-order valence-corrected chi connectivity index (χ2v) is 6.70. The Morgan fingerprint density at radius 1 is 1.30 bits per heavy atom. The van der Waals surface area contributed by atoms with Gasteiger partial charge < -0.3 is 9.84 Å². The molecule has 8 nitrogen and oxygen atoms in total. The van der Waals surface area contributed by atoms with Crippen molar-refractivity contribution in [3.63, 3.8) is 0 Å². The Hall–Kier alpha value is -2.68. The highest BCUT2D eigenvalue weighted by Crippen LogP contribution is 2.16. The number of aromatic carboxylic acids is 1. The predicted molar refractivity (Wildman–Crippen MR) is 80.3 cm³/mol. The molecule has 0 atom stereocenters. The molecule has 0 aliphatic carbocycles. The fourth-order valence-electron chi connectivity index (χ4n) is 1.90. The number of sulfone groups is 1. The molecule has 0 aliphatic heterocycles. The van der Waals surface area contributed by atoms with E-state index in [2.05, 4.69) is 4.98 Å². The van der Waals surface area contributed by atoms with Crippen LogP contribution in [-0.4, -0.2) is 35.3 Å². The van der Waals surface area contributed by atoms with Crippen LogP contribution in [-0.2, 0) is 23.5 Å². The second kappa shape index (κ2) is 6.21. The number of rotatable bonds is 5. The molecule has 0 unspecified atom stereocenters. The number of nitrogens with zero attached hydrogens (tertiary/aromatic N) is 2. The molecule has 1 aromatic heterocycles. The maximum Gasteiger partial charge on any atom is 0.358 e. The summed E-state index contributed by atoms with van der Waals surface area (Å²) < 4.78 is 29.3. The summed E-state index contributed by atoms with van der Waals surface area (Å²) in [6.07, 6.45) is 0.838. The van der Waals surface area contributed by atoms with Gasteiger partial charge in [0.1, 0.15) is 6.61 Å². The number of ether oxygens (including phenoxy) is 1. The molecule has 9 heteroatoms. The van der Waals surface area contributed by atoms with Crippen LogP contribution in [0.3, 0.4) is 0 Å². The van der Waals surface area contributed by atoms with Crippen LogP contribution >= 0.6 is 0 Å². The first-order chi connectivity index (χ1) is 10.7. The largest absolute Gasteiger partial charge is 0.481 e. The predicted octanol–water partition coefficient (Wildman–Crippen LogP) is 0.461. The highest BCUT2D eigenvalue weighted by molar-refractivity contribution is 7.90. The van der Waals surface area contributed by atoms with E-state index in [0.29, 0.717) is 0 Å². The lowest BCUT2D eigenvalue weighted by Crippen LogP contribution is -2.29. The Bertz CT molecular complexity index is 903. The normalized spacial score (nSPS) is 11.2. The molecular weight excluding hydrogens is 324 g/mol. The molecule has 0 bridgehead atoms. The minimum Gasteiger partial charge on any atom is -0.481 e. The molecule has 23 heavy (non-hydrogen) atoms. The second-order valence-electron chi connectivity index (χ2n) is 4.79. The van der Waals surface area contributed by atoms with E-state index in [1.54, 1.807) is 30.3 Å². The Kier molecular flexibility index (Phi) is 4.50. The highest BCUT2D eigenvalue weighted by atomic mass is 32.2. The van der Waals surface area contributed by atoms with Crippen LogP contribution in [0.5, 0.6) is 5.75 Å². The summed E-state index contributed by atoms with van der Waals surface area (Å²) in [5, 5.41) is 8.55. The van der Waals surface area contributed by atoms with E-state index in [1.165, 1.54) is 7.05 Å². The maximum atomic E-state index is 12.3. The summed E-state index contributed by atoms with van der Waals surface area (Å²) in [5.74, 6) is -2.05. The number of hydrogen-bond donors (Lipinski definition) is 1. The smallest absolute Gasteiger partial charge is 0.358 e. The van der Waals surface area contributed by atoms with Crippen LogP contribution in [0.4, 0.5) is 0 Å². The summed E-state index contributed by atoms with van der Waals surface area (Å²) in [6, 6.07) is 8.81. The number of carbonyl (C=O) groups is 1. The number of carboxylic acid groups (broad SMARTS) is 1. The summed E-state index contributed by atoms with van der Waals surface area (Å²) in [7, 11) is -2.68. The molecule has 0 saturated carbocycles. The minimum atomic E-state index is -3.86. The third-order valence-corrected chi connectivity index (χ3v) is 4.00. The molecule has 2 rings (SSSR count). The Morgan fingerprint density at radius 3 is 2.43 bits per heavy atom. The molecule has 2 aromatic rings. The van der Waals surface area contributed by atoms with E-state index < -0.39 is 38.0 Å². The number of hydrogen-bond acceptors (Lipinski definition) is 6. The van der Waals surface area contributed by atoms with Gasteiger partial charge in [-0.05, 0) is 5.56 Å². The van der Waals surface area contributed by atoms with Crippen LogP contribution in [0.1, 0.15) is 16.1 Å². The number of benzene rings is 1. The molecule has 0 fully saturated rings. The molecule has 1 aromatic carbocycles. The summed E-state index contributed by atoms with van der Waals surface area (Å²) in [5.41, 5.74) is -0.892. The lowest BCUT2D eigenvalue weighted by molar-refractivity contribution is 0.0682. The quantitative estimate of drug-likeness (QED) is 0.787. The molecule has 0 aliphatic rings. The van der Waals surface area contributed by atoms with Crippen molar-refractivity contribution in [2.75, 3.05) is 6.26 Å². The van der Waals surface area contributed by atoms with Crippen LogP contribution in [0, 0.1) is 0 Å². The molecule has 1 heterocycles. The molecule has 122 valence electrons. The van der Waals surface area contributed by atoms with Gasteiger partial charge in [0.05, 0.1) is 0 Å². The van der Waals surface area contributed by atoms with Crippen molar-refractivity contribution in [1.82, 2.24) is 9.55 Å². The van der Waals surface area contributed by atoms with Crippen molar-refractivity contribution in [1.29, 1.82) is 0 Å². The fraction of sp³-hybridized carbons (Fsp3) is 0.214. The SMILES string of the molecule is Cn1c(S(C)(=O)=O)nc(C(=O)O)c(OCc2ccccc2)c1=O. The zero-order valence-electron chi connectivity index (χ0n) is 12.4. The molecule has 1 N–H and O–H groups in total. The van der Waals surface area contributed by atoms with Gasteiger partial charge in [-0.15, -0.1) is 0 Å². The van der Waals surface area contributed by atoms with Crippen molar-refractivity contribution < 1.29 is 23.1 Å². The fourth-order valence-corrected chi connectivity index (χ4v) is 2.74. The van der Waals surface area contributed by atoms with Gasteiger partial charge in [-0.3, -0.25) is 9.36 Å². The van der Waals surface area contributed by atoms with Gasteiger partial charge in [0.15, 0.2) is 5.69 Å². The molecule has 0 spiro atoms. The molecular formula is C14H14N2O6S. The zero-order chi connectivity index (χ0) is 17.2. The first-order valence-electron chi connectivity index (χ1n) is 6.43. The Labute approximate surface area is 131 Å². The van der Waals surface area contributed by atoms with Crippen molar-refractivity contribution in [3.8, 4) is 5.75 Å². The lowest BCUT2D eigenvalue weighted by Gasteiger charge is -2.12. The van der Waals surface area contributed by atoms with Crippen LogP contribution in [0.2, 0.25) is 0 Å². The standard InChI is InChI=1S/C14H14N2O6S/c1-16-12(17)11(22-8-9-6-4-3-5-7-9)10(13(18)19)15-14(16)23(2,20)21/h3-7H,8H2,1-2H3,(H,18,19). The highest BCUT2D eigenvalue weighted by Gasteiger charge is 2.25. The average molecular weight is 338 g/mol. The summed E-state index contributed by atoms with van der Waals surface area (Å²) in [4.78, 5) is 27.1. The Balaban J connectivity index is 2.53.